The van der Waals surface area contributed by atoms with Crippen LogP contribution in [-0.2, 0) is 15.6 Å². The van der Waals surface area contributed by atoms with Crippen LogP contribution in [0.5, 0.6) is 5.75 Å². The van der Waals surface area contributed by atoms with Crippen LogP contribution in [0.3, 0.4) is 0 Å². The molecule has 1 aromatic carbocycles. The molecule has 2 aliphatic heterocycles. The van der Waals surface area contributed by atoms with E-state index in [1.807, 2.05) is 0 Å². The summed E-state index contributed by atoms with van der Waals surface area (Å²) in [6, 6.07) is 4.44. The maximum Gasteiger partial charge on any atom is 0.328 e. The van der Waals surface area contributed by atoms with Gasteiger partial charge in [0.1, 0.15) is 11.0 Å². The molecule has 0 saturated carbocycles. The monoisotopic (exact) mass is 344 g/mol. The quantitative estimate of drug-likeness (QED) is 0.403. The lowest BCUT2D eigenvalue weighted by Gasteiger charge is -2.27. The Kier molecular flexibility index (Phi) is 3.99. The maximum absolute atomic E-state index is 12.7. The van der Waals surface area contributed by atoms with Gasteiger partial charge in [-0.05, 0) is 45.8 Å². The molecule has 2 nitrogen and oxygen atoms in total. The first-order valence-corrected chi connectivity index (χ1v) is 10.1. The Bertz CT molecular complexity index is 757. The number of carbonyl (C=O) groups excluding carboxylic acids is 1. The number of ether oxygens (including phenoxy) is 1. The Hall–Kier alpha value is -1.48. The minimum atomic E-state index is -0.625. The highest BCUT2D eigenvalue weighted by molar-refractivity contribution is 8.23. The van der Waals surface area contributed by atoms with Gasteiger partial charge in [-0.15, -0.1) is 0 Å². The molecule has 0 radical (unpaired) electrons. The summed E-state index contributed by atoms with van der Waals surface area (Å²) in [5.74, 6) is 0.711. The van der Waals surface area contributed by atoms with Crippen molar-refractivity contribution < 1.29 is 9.53 Å². The molecule has 24 heavy (non-hydrogen) atoms. The van der Waals surface area contributed by atoms with Gasteiger partial charge < -0.3 is 4.74 Å². The highest BCUT2D eigenvalue weighted by Crippen LogP contribution is 2.57. The van der Waals surface area contributed by atoms with E-state index in [1.54, 1.807) is 0 Å². The Morgan fingerprint density at radius 2 is 1.71 bits per heavy atom. The Balaban J connectivity index is 2.21. The predicted octanol–water partition coefficient (Wildman–Crippen LogP) is 5.67. The molecule has 0 amide bonds. The number of allylic oxidation sites excluding steroid dienone is 2. The van der Waals surface area contributed by atoms with Crippen molar-refractivity contribution in [1.82, 2.24) is 0 Å². The van der Waals surface area contributed by atoms with Crippen molar-refractivity contribution in [3.05, 3.63) is 51.3 Å². The number of thiol groups is 1. The highest BCUT2D eigenvalue weighted by atomic mass is 32.2. The zero-order valence-corrected chi connectivity index (χ0v) is 16.6. The summed E-state index contributed by atoms with van der Waals surface area (Å²) in [7, 11) is -0.625. The standard InChI is InChI=1S/C21H28O2S/c1-13-8-9-24(12-13)18-15-10-14(20(2,3)4)11-16(21(5,6)7)17(15)23-19(18)22/h8-12,18,24H,1-7H3. The fraction of sp³-hybridized carbons (Fsp3) is 0.476. The topological polar surface area (TPSA) is 26.3 Å². The van der Waals surface area contributed by atoms with Gasteiger partial charge in [0, 0.05) is 11.1 Å². The number of carbonyl (C=O) groups is 1. The largest absolute Gasteiger partial charge is 0.425 e. The van der Waals surface area contributed by atoms with E-state index in [9.17, 15) is 4.79 Å². The normalized spacial score (nSPS) is 24.8. The molecular formula is C21H28O2S. The average Bonchev–Trinajstić information content (AvgIpc) is 2.97. The predicted molar refractivity (Wildman–Crippen MR) is 104 cm³/mol. The van der Waals surface area contributed by atoms with E-state index in [0.29, 0.717) is 0 Å². The molecule has 0 saturated heterocycles. The lowest BCUT2D eigenvalue weighted by Crippen LogP contribution is -2.17. The van der Waals surface area contributed by atoms with E-state index in [-0.39, 0.29) is 22.0 Å². The van der Waals surface area contributed by atoms with E-state index in [0.717, 1.165) is 16.9 Å². The van der Waals surface area contributed by atoms with Crippen molar-refractivity contribution in [3.8, 4) is 5.75 Å². The van der Waals surface area contributed by atoms with Crippen LogP contribution in [0.2, 0.25) is 0 Å². The van der Waals surface area contributed by atoms with Crippen LogP contribution in [0.15, 0.2) is 34.6 Å². The minimum Gasteiger partial charge on any atom is -0.425 e. The highest BCUT2D eigenvalue weighted by Gasteiger charge is 2.40. The first kappa shape index (κ1) is 17.3. The second kappa shape index (κ2) is 5.52. The third-order valence-corrected chi connectivity index (χ3v) is 6.96. The third kappa shape index (κ3) is 2.95. The summed E-state index contributed by atoms with van der Waals surface area (Å²) in [5, 5.41) is 4.26. The van der Waals surface area contributed by atoms with Crippen molar-refractivity contribution in [3.63, 3.8) is 0 Å². The van der Waals surface area contributed by atoms with Crippen molar-refractivity contribution >= 4 is 16.9 Å². The molecule has 0 aromatic heterocycles. The summed E-state index contributed by atoms with van der Waals surface area (Å²) in [5.41, 5.74) is 4.71. The fourth-order valence-electron chi connectivity index (χ4n) is 3.21. The molecule has 0 fully saturated rings. The van der Waals surface area contributed by atoms with E-state index >= 15 is 0 Å². The SMILES string of the molecule is CC1=C[SH](C2C(=O)Oc3c2cc(C(C)(C)C)cc3C(C)(C)C)C=C1. The third-order valence-electron chi connectivity index (χ3n) is 4.67. The number of esters is 1. The zero-order valence-electron chi connectivity index (χ0n) is 15.7. The van der Waals surface area contributed by atoms with Crippen LogP contribution in [0.1, 0.15) is 70.4 Å². The number of benzene rings is 1. The smallest absolute Gasteiger partial charge is 0.328 e. The molecule has 0 N–H and O–H groups in total. The molecule has 2 aliphatic rings. The second-order valence-electron chi connectivity index (χ2n) is 8.90. The van der Waals surface area contributed by atoms with E-state index in [2.05, 4.69) is 77.5 Å². The van der Waals surface area contributed by atoms with E-state index in [4.69, 9.17) is 4.74 Å². The number of rotatable bonds is 1. The van der Waals surface area contributed by atoms with Gasteiger partial charge in [0.2, 0.25) is 0 Å². The maximum atomic E-state index is 12.7. The molecule has 130 valence electrons. The second-order valence-corrected chi connectivity index (χ2v) is 10.9. The summed E-state index contributed by atoms with van der Waals surface area (Å²) in [4.78, 5) is 12.7. The molecule has 0 aliphatic carbocycles. The molecule has 0 bridgehead atoms. The van der Waals surface area contributed by atoms with Crippen LogP contribution in [0.4, 0.5) is 0 Å². The number of hydrogen-bond acceptors (Lipinski definition) is 2. The van der Waals surface area contributed by atoms with Gasteiger partial charge in [-0.2, -0.15) is 10.9 Å². The lowest BCUT2D eigenvalue weighted by molar-refractivity contribution is -0.132. The zero-order chi connectivity index (χ0) is 17.9. The Morgan fingerprint density at radius 3 is 2.21 bits per heavy atom. The van der Waals surface area contributed by atoms with Gasteiger partial charge >= 0.3 is 5.97 Å². The molecule has 2 atom stereocenters. The van der Waals surface area contributed by atoms with Crippen LogP contribution < -0.4 is 4.74 Å². The number of hydrogen-bond donors (Lipinski definition) is 1. The van der Waals surface area contributed by atoms with Gasteiger partial charge in [-0.1, -0.05) is 53.7 Å². The van der Waals surface area contributed by atoms with Crippen molar-refractivity contribution in [2.75, 3.05) is 0 Å². The fourth-order valence-corrected chi connectivity index (χ4v) is 5.39. The van der Waals surface area contributed by atoms with Crippen LogP contribution in [-0.4, -0.2) is 5.97 Å². The first-order valence-electron chi connectivity index (χ1n) is 8.53. The summed E-state index contributed by atoms with van der Waals surface area (Å²) >= 11 is 0. The van der Waals surface area contributed by atoms with E-state index in [1.165, 1.54) is 11.1 Å². The van der Waals surface area contributed by atoms with Gasteiger partial charge in [0.25, 0.3) is 0 Å². The molecular weight excluding hydrogens is 316 g/mol. The van der Waals surface area contributed by atoms with Crippen molar-refractivity contribution in [2.24, 2.45) is 0 Å². The Labute approximate surface area is 148 Å². The van der Waals surface area contributed by atoms with Gasteiger partial charge in [0.15, 0.2) is 0 Å². The summed E-state index contributed by atoms with van der Waals surface area (Å²) in [6.45, 7) is 15.3. The van der Waals surface area contributed by atoms with Crippen LogP contribution >= 0.6 is 10.9 Å². The van der Waals surface area contributed by atoms with Crippen LogP contribution in [0, 0.1) is 0 Å². The van der Waals surface area contributed by atoms with Crippen molar-refractivity contribution in [2.45, 2.75) is 64.5 Å². The minimum absolute atomic E-state index is 0.0374. The van der Waals surface area contributed by atoms with Gasteiger partial charge in [-0.3, -0.25) is 4.79 Å². The molecule has 3 heteroatoms. The number of fused-ring (bicyclic) bond motifs is 1. The molecule has 0 spiro atoms. The molecule has 1 aromatic rings. The lowest BCUT2D eigenvalue weighted by atomic mass is 9.79. The molecule has 3 rings (SSSR count). The summed E-state index contributed by atoms with van der Waals surface area (Å²) < 4.78 is 5.81. The first-order chi connectivity index (χ1) is 11.0. The Morgan fingerprint density at radius 1 is 1.04 bits per heavy atom. The van der Waals surface area contributed by atoms with E-state index < -0.39 is 10.9 Å². The van der Waals surface area contributed by atoms with Gasteiger partial charge in [0.05, 0.1) is 0 Å². The van der Waals surface area contributed by atoms with Crippen LogP contribution in [0.25, 0.3) is 0 Å². The molecule has 2 heterocycles. The molecule has 2 unspecified atom stereocenters. The van der Waals surface area contributed by atoms with Crippen molar-refractivity contribution in [1.29, 1.82) is 0 Å². The van der Waals surface area contributed by atoms with Gasteiger partial charge in [-0.25, -0.2) is 0 Å². The summed E-state index contributed by atoms with van der Waals surface area (Å²) in [6.07, 6.45) is 2.12. The average molecular weight is 345 g/mol.